The minimum Gasteiger partial charge on any atom is -0.383 e. The van der Waals surface area contributed by atoms with Crippen molar-refractivity contribution in [3.63, 3.8) is 0 Å². The van der Waals surface area contributed by atoms with Crippen LogP contribution in [-0.4, -0.2) is 19.3 Å². The summed E-state index contributed by atoms with van der Waals surface area (Å²) >= 11 is 0. The summed E-state index contributed by atoms with van der Waals surface area (Å²) in [5.41, 5.74) is 8.14. The van der Waals surface area contributed by atoms with Gasteiger partial charge in [-0.15, -0.1) is 0 Å². The average Bonchev–Trinajstić information content (AvgIpc) is 2.96. The summed E-state index contributed by atoms with van der Waals surface area (Å²) in [7, 11) is 0. The van der Waals surface area contributed by atoms with E-state index in [1.807, 2.05) is 17.1 Å². The van der Waals surface area contributed by atoms with Crippen molar-refractivity contribution in [1.29, 1.82) is 0 Å². The zero-order valence-electron chi connectivity index (χ0n) is 10.9. The summed E-state index contributed by atoms with van der Waals surface area (Å²) in [5.74, 6) is 2.40. The van der Waals surface area contributed by atoms with Gasteiger partial charge in [-0.05, 0) is 19.8 Å². The van der Waals surface area contributed by atoms with Gasteiger partial charge in [-0.3, -0.25) is 4.68 Å². The third kappa shape index (κ3) is 1.62. The maximum atomic E-state index is 6.23. The van der Waals surface area contributed by atoms with Crippen molar-refractivity contribution in [2.24, 2.45) is 0 Å². The van der Waals surface area contributed by atoms with Gasteiger partial charge >= 0.3 is 0 Å². The lowest BCUT2D eigenvalue weighted by Crippen LogP contribution is -2.15. The van der Waals surface area contributed by atoms with Gasteiger partial charge in [-0.2, -0.15) is 5.10 Å². The zero-order valence-corrected chi connectivity index (χ0v) is 10.9. The number of nitrogens with zero attached hydrogens (tertiary/aromatic N) is 4. The van der Waals surface area contributed by atoms with E-state index in [-0.39, 0.29) is 0 Å². The molecule has 2 aromatic heterocycles. The second-order valence-electron chi connectivity index (χ2n) is 4.98. The summed E-state index contributed by atoms with van der Waals surface area (Å²) in [6, 6.07) is 0. The Bertz CT molecular complexity index is 566. The number of imidazole rings is 1. The number of hydrogen-bond donors (Lipinski definition) is 1. The number of fused-ring (bicyclic) bond motifs is 1. The van der Waals surface area contributed by atoms with Gasteiger partial charge < -0.3 is 10.3 Å². The molecule has 1 atom stereocenters. The molecule has 0 radical (unpaired) electrons. The van der Waals surface area contributed by atoms with Crippen molar-refractivity contribution < 1.29 is 0 Å². The number of nitrogen functional groups attached to an aromatic ring is 1. The van der Waals surface area contributed by atoms with Crippen LogP contribution in [0.5, 0.6) is 0 Å². The molecule has 96 valence electrons. The lowest BCUT2D eigenvalue weighted by Gasteiger charge is -2.20. The maximum Gasteiger partial charge on any atom is 0.131 e. The van der Waals surface area contributed by atoms with Crippen molar-refractivity contribution in [2.75, 3.05) is 5.73 Å². The van der Waals surface area contributed by atoms with Crippen LogP contribution in [0.3, 0.4) is 0 Å². The highest BCUT2D eigenvalue weighted by atomic mass is 15.3. The molecule has 2 N–H and O–H groups in total. The van der Waals surface area contributed by atoms with Gasteiger partial charge in [0.15, 0.2) is 0 Å². The van der Waals surface area contributed by atoms with Crippen molar-refractivity contribution in [2.45, 2.75) is 45.7 Å². The molecule has 1 aliphatic heterocycles. The molecular formula is C13H19N5. The van der Waals surface area contributed by atoms with Gasteiger partial charge in [0.1, 0.15) is 17.3 Å². The number of anilines is 1. The fraction of sp³-hybridized carbons (Fsp3) is 0.538. The molecule has 0 aromatic carbocycles. The van der Waals surface area contributed by atoms with E-state index in [4.69, 9.17) is 10.7 Å². The molecule has 3 rings (SSSR count). The normalized spacial score (nSPS) is 18.9. The summed E-state index contributed by atoms with van der Waals surface area (Å²) in [6.45, 7) is 6.14. The third-order valence-corrected chi connectivity index (χ3v) is 3.73. The maximum absolute atomic E-state index is 6.23. The van der Waals surface area contributed by atoms with Gasteiger partial charge in [0.2, 0.25) is 0 Å². The van der Waals surface area contributed by atoms with Crippen LogP contribution in [0.2, 0.25) is 0 Å². The first-order valence-electron chi connectivity index (χ1n) is 6.59. The SMILES string of the molecule is CCn1cc(-c2nc3n(c2N)CCCC3C)cn1. The lowest BCUT2D eigenvalue weighted by atomic mass is 10.0. The molecule has 18 heavy (non-hydrogen) atoms. The number of rotatable bonds is 2. The van der Waals surface area contributed by atoms with E-state index in [1.54, 1.807) is 0 Å². The van der Waals surface area contributed by atoms with E-state index in [9.17, 15) is 0 Å². The van der Waals surface area contributed by atoms with Crippen molar-refractivity contribution in [3.05, 3.63) is 18.2 Å². The molecule has 0 amide bonds. The number of nitrogens with two attached hydrogens (primary N) is 1. The first kappa shape index (κ1) is 11.3. The Kier molecular flexibility index (Phi) is 2.61. The highest BCUT2D eigenvalue weighted by Gasteiger charge is 2.24. The molecule has 1 aliphatic rings. The minimum atomic E-state index is 0.496. The van der Waals surface area contributed by atoms with Gasteiger partial charge in [-0.25, -0.2) is 4.98 Å². The van der Waals surface area contributed by atoms with E-state index >= 15 is 0 Å². The van der Waals surface area contributed by atoms with Gasteiger partial charge in [0.05, 0.1) is 6.20 Å². The van der Waals surface area contributed by atoms with Crippen LogP contribution >= 0.6 is 0 Å². The predicted octanol–water partition coefficient (Wildman–Crippen LogP) is 2.25. The standard InChI is InChI=1S/C13H19N5/c1-3-17-8-10(7-15-17)11-12(14)18-6-4-5-9(2)13(18)16-11/h7-9H,3-6,14H2,1-2H3. The van der Waals surface area contributed by atoms with E-state index in [2.05, 4.69) is 23.5 Å². The van der Waals surface area contributed by atoms with E-state index in [0.29, 0.717) is 5.92 Å². The van der Waals surface area contributed by atoms with Crippen molar-refractivity contribution in [3.8, 4) is 11.3 Å². The third-order valence-electron chi connectivity index (χ3n) is 3.73. The smallest absolute Gasteiger partial charge is 0.131 e. The Hall–Kier alpha value is -1.78. The van der Waals surface area contributed by atoms with Gasteiger partial charge in [0, 0.05) is 30.8 Å². The molecule has 0 aliphatic carbocycles. The van der Waals surface area contributed by atoms with Crippen LogP contribution in [0.25, 0.3) is 11.3 Å². The lowest BCUT2D eigenvalue weighted by molar-refractivity contribution is 0.467. The molecule has 0 fully saturated rings. The summed E-state index contributed by atoms with van der Waals surface area (Å²) in [6.07, 6.45) is 6.24. The Balaban J connectivity index is 2.07. The predicted molar refractivity (Wildman–Crippen MR) is 71.2 cm³/mol. The second kappa shape index (κ2) is 4.15. The fourth-order valence-electron chi connectivity index (χ4n) is 2.65. The highest BCUT2D eigenvalue weighted by molar-refractivity contribution is 5.70. The molecule has 5 nitrogen and oxygen atoms in total. The van der Waals surface area contributed by atoms with E-state index in [1.165, 1.54) is 12.8 Å². The monoisotopic (exact) mass is 245 g/mol. The average molecular weight is 245 g/mol. The van der Waals surface area contributed by atoms with Crippen LogP contribution in [0.4, 0.5) is 5.82 Å². The van der Waals surface area contributed by atoms with Crippen LogP contribution in [0.1, 0.15) is 38.4 Å². The molecule has 5 heteroatoms. The molecule has 0 saturated carbocycles. The van der Waals surface area contributed by atoms with Crippen LogP contribution in [0.15, 0.2) is 12.4 Å². The number of aromatic nitrogens is 4. The Morgan fingerprint density at radius 3 is 3.00 bits per heavy atom. The molecule has 0 spiro atoms. The van der Waals surface area contributed by atoms with Crippen LogP contribution in [-0.2, 0) is 13.1 Å². The molecule has 3 heterocycles. The van der Waals surface area contributed by atoms with Crippen molar-refractivity contribution in [1.82, 2.24) is 19.3 Å². The largest absolute Gasteiger partial charge is 0.383 e. The Labute approximate surface area is 107 Å². The zero-order chi connectivity index (χ0) is 12.7. The number of hydrogen-bond acceptors (Lipinski definition) is 3. The Morgan fingerprint density at radius 2 is 2.33 bits per heavy atom. The fourth-order valence-corrected chi connectivity index (χ4v) is 2.65. The van der Waals surface area contributed by atoms with Gasteiger partial charge in [-0.1, -0.05) is 6.92 Å². The van der Waals surface area contributed by atoms with Gasteiger partial charge in [0.25, 0.3) is 0 Å². The van der Waals surface area contributed by atoms with Crippen molar-refractivity contribution >= 4 is 5.82 Å². The molecule has 1 unspecified atom stereocenters. The highest BCUT2D eigenvalue weighted by Crippen LogP contribution is 2.34. The molecule has 2 aromatic rings. The topological polar surface area (TPSA) is 61.7 Å². The minimum absolute atomic E-state index is 0.496. The summed E-state index contributed by atoms with van der Waals surface area (Å²) in [5, 5.41) is 4.29. The first-order chi connectivity index (χ1) is 8.70. The van der Waals surface area contributed by atoms with E-state index < -0.39 is 0 Å². The quantitative estimate of drug-likeness (QED) is 0.882. The Morgan fingerprint density at radius 1 is 1.50 bits per heavy atom. The first-order valence-corrected chi connectivity index (χ1v) is 6.59. The van der Waals surface area contributed by atoms with Crippen LogP contribution in [0, 0.1) is 0 Å². The number of aryl methyl sites for hydroxylation is 1. The summed E-state index contributed by atoms with van der Waals surface area (Å²) in [4.78, 5) is 4.73. The second-order valence-corrected chi connectivity index (χ2v) is 4.98. The summed E-state index contributed by atoms with van der Waals surface area (Å²) < 4.78 is 4.06. The molecule has 0 bridgehead atoms. The molecule has 0 saturated heterocycles. The molecular weight excluding hydrogens is 226 g/mol. The van der Waals surface area contributed by atoms with E-state index in [0.717, 1.165) is 36.0 Å². The van der Waals surface area contributed by atoms with Crippen LogP contribution < -0.4 is 5.73 Å².